The summed E-state index contributed by atoms with van der Waals surface area (Å²) in [6, 6.07) is 18.9. The van der Waals surface area contributed by atoms with E-state index < -0.39 is 12.1 Å². The molecule has 0 amide bonds. The average Bonchev–Trinajstić information content (AvgIpc) is 2.90. The molecule has 0 aliphatic heterocycles. The minimum atomic E-state index is -0.852. The zero-order valence-corrected chi connectivity index (χ0v) is 21.3. The lowest BCUT2D eigenvalue weighted by Gasteiger charge is -2.13. The van der Waals surface area contributed by atoms with E-state index in [1.54, 1.807) is 19.1 Å². The van der Waals surface area contributed by atoms with Gasteiger partial charge < -0.3 is 4.74 Å². The van der Waals surface area contributed by atoms with E-state index >= 15 is 0 Å². The van der Waals surface area contributed by atoms with Crippen molar-refractivity contribution in [3.8, 4) is 11.3 Å². The van der Waals surface area contributed by atoms with Gasteiger partial charge in [0.15, 0.2) is 6.10 Å². The molecule has 184 valence electrons. The van der Waals surface area contributed by atoms with Crippen molar-refractivity contribution in [2.24, 2.45) is 0 Å². The van der Waals surface area contributed by atoms with Crippen LogP contribution in [0.2, 0.25) is 0 Å². The molecule has 0 saturated heterocycles. The molecular formula is C31H37NO3. The summed E-state index contributed by atoms with van der Waals surface area (Å²) in [5, 5.41) is 0. The highest BCUT2D eigenvalue weighted by Gasteiger charge is 2.20. The quantitative estimate of drug-likeness (QED) is 0.146. The Bertz CT molecular complexity index is 1070. The minimum Gasteiger partial charge on any atom is -0.451 e. The first kappa shape index (κ1) is 26.3. The monoisotopic (exact) mass is 471 g/mol. The van der Waals surface area contributed by atoms with Crippen LogP contribution in [-0.2, 0) is 17.6 Å². The highest BCUT2D eigenvalue weighted by atomic mass is 16.5. The Morgan fingerprint density at radius 1 is 0.743 bits per heavy atom. The lowest BCUT2D eigenvalue weighted by molar-refractivity contribution is 0.0319. The number of rotatable bonds is 13. The maximum absolute atomic E-state index is 12.7. The number of benzene rings is 2. The van der Waals surface area contributed by atoms with Crippen molar-refractivity contribution in [3.05, 3.63) is 89.1 Å². The maximum atomic E-state index is 12.7. The largest absolute Gasteiger partial charge is 0.451 e. The van der Waals surface area contributed by atoms with Crippen molar-refractivity contribution in [3.63, 3.8) is 0 Å². The number of ketones is 1. The first-order chi connectivity index (χ1) is 17.0. The van der Waals surface area contributed by atoms with Crippen LogP contribution in [0.15, 0.2) is 66.9 Å². The minimum absolute atomic E-state index is 0.198. The first-order valence-electron chi connectivity index (χ1n) is 12.9. The van der Waals surface area contributed by atoms with Gasteiger partial charge in [0.1, 0.15) is 0 Å². The summed E-state index contributed by atoms with van der Waals surface area (Å²) < 4.78 is 5.46. The molecule has 1 unspecified atom stereocenters. The standard InChI is InChI=1S/C31H37NO3/c1-4-6-8-9-11-25-14-21-29(32-22-25)26-17-19-28(20-18-26)31(34)35-23(3)30(33)27-15-12-24(13-16-27)10-7-5-2/h12-23H,4-11H2,1-3H3. The number of aryl methyl sites for hydroxylation is 2. The molecule has 1 aromatic heterocycles. The van der Waals surface area contributed by atoms with Crippen LogP contribution in [0.4, 0.5) is 0 Å². The highest BCUT2D eigenvalue weighted by Crippen LogP contribution is 2.20. The van der Waals surface area contributed by atoms with Crippen LogP contribution in [0.1, 0.15) is 91.1 Å². The molecule has 0 aliphatic rings. The van der Waals surface area contributed by atoms with E-state index in [2.05, 4.69) is 24.9 Å². The van der Waals surface area contributed by atoms with Crippen molar-refractivity contribution >= 4 is 11.8 Å². The number of Topliss-reactive ketones (excluding diaryl/α,β-unsaturated/α-hetero) is 1. The van der Waals surface area contributed by atoms with Gasteiger partial charge in [-0.2, -0.15) is 0 Å². The third-order valence-corrected chi connectivity index (χ3v) is 6.27. The summed E-state index contributed by atoms with van der Waals surface area (Å²) in [4.78, 5) is 29.9. The fourth-order valence-corrected chi connectivity index (χ4v) is 4.01. The number of carbonyl (C=O) groups is 2. The van der Waals surface area contributed by atoms with Gasteiger partial charge in [0.2, 0.25) is 5.78 Å². The molecule has 0 bridgehead atoms. The molecule has 2 aromatic carbocycles. The van der Waals surface area contributed by atoms with Crippen molar-refractivity contribution in [2.45, 2.75) is 78.2 Å². The fourth-order valence-electron chi connectivity index (χ4n) is 4.01. The summed E-state index contributed by atoms with van der Waals surface area (Å²) >= 11 is 0. The number of pyridine rings is 1. The van der Waals surface area contributed by atoms with Gasteiger partial charge in [-0.1, -0.05) is 82.0 Å². The lowest BCUT2D eigenvalue weighted by atomic mass is 10.0. The van der Waals surface area contributed by atoms with Crippen molar-refractivity contribution in [2.75, 3.05) is 0 Å². The molecule has 35 heavy (non-hydrogen) atoms. The Balaban J connectivity index is 1.55. The summed E-state index contributed by atoms with van der Waals surface area (Å²) in [6.07, 6.45) is 10.4. The van der Waals surface area contributed by atoms with Crippen LogP contribution >= 0.6 is 0 Å². The Morgan fingerprint density at radius 3 is 2.00 bits per heavy atom. The molecule has 0 N–H and O–H groups in total. The molecule has 1 atom stereocenters. The first-order valence-corrected chi connectivity index (χ1v) is 12.9. The zero-order valence-electron chi connectivity index (χ0n) is 21.3. The van der Waals surface area contributed by atoms with Crippen LogP contribution in [0.25, 0.3) is 11.3 Å². The zero-order chi connectivity index (χ0) is 25.0. The highest BCUT2D eigenvalue weighted by molar-refractivity contribution is 6.01. The second-order valence-electron chi connectivity index (χ2n) is 9.15. The maximum Gasteiger partial charge on any atom is 0.338 e. The number of nitrogens with zero attached hydrogens (tertiary/aromatic N) is 1. The number of ether oxygens (including phenoxy) is 1. The van der Waals surface area contributed by atoms with E-state index in [9.17, 15) is 9.59 Å². The number of hydrogen-bond acceptors (Lipinski definition) is 4. The van der Waals surface area contributed by atoms with Crippen molar-refractivity contribution in [1.29, 1.82) is 0 Å². The number of aromatic nitrogens is 1. The van der Waals surface area contributed by atoms with E-state index in [1.807, 2.05) is 48.7 Å². The molecule has 0 fully saturated rings. The fraction of sp³-hybridized carbons (Fsp3) is 0.387. The van der Waals surface area contributed by atoms with Gasteiger partial charge in [0.25, 0.3) is 0 Å². The van der Waals surface area contributed by atoms with Crippen LogP contribution in [-0.4, -0.2) is 22.8 Å². The lowest BCUT2D eigenvalue weighted by Crippen LogP contribution is -2.24. The second kappa shape index (κ2) is 13.6. The molecule has 0 radical (unpaired) electrons. The van der Waals surface area contributed by atoms with E-state index in [0.29, 0.717) is 11.1 Å². The van der Waals surface area contributed by atoms with Gasteiger partial charge >= 0.3 is 5.97 Å². The number of hydrogen-bond donors (Lipinski definition) is 0. The van der Waals surface area contributed by atoms with Gasteiger partial charge in [-0.15, -0.1) is 0 Å². The Hall–Kier alpha value is -3.27. The third kappa shape index (κ3) is 7.88. The average molecular weight is 472 g/mol. The van der Waals surface area contributed by atoms with Crippen molar-refractivity contribution < 1.29 is 14.3 Å². The van der Waals surface area contributed by atoms with Crippen LogP contribution in [0, 0.1) is 0 Å². The topological polar surface area (TPSA) is 56.3 Å². The van der Waals surface area contributed by atoms with Crippen molar-refractivity contribution in [1.82, 2.24) is 4.98 Å². The number of esters is 1. The molecule has 4 heteroatoms. The summed E-state index contributed by atoms with van der Waals surface area (Å²) in [6.45, 7) is 5.99. The number of unbranched alkanes of at least 4 members (excludes halogenated alkanes) is 4. The van der Waals surface area contributed by atoms with E-state index in [4.69, 9.17) is 4.74 Å². The molecular weight excluding hydrogens is 434 g/mol. The molecule has 0 aliphatic carbocycles. The number of carbonyl (C=O) groups excluding carboxylic acids is 2. The van der Waals surface area contributed by atoms with E-state index in [0.717, 1.165) is 36.9 Å². The Kier molecular flexibility index (Phi) is 10.2. The molecule has 3 rings (SSSR count). The Labute approximate surface area is 209 Å². The van der Waals surface area contributed by atoms with E-state index in [1.165, 1.54) is 36.8 Å². The van der Waals surface area contributed by atoms with Gasteiger partial charge in [-0.05, 0) is 61.9 Å². The third-order valence-electron chi connectivity index (χ3n) is 6.27. The smallest absolute Gasteiger partial charge is 0.338 e. The summed E-state index contributed by atoms with van der Waals surface area (Å²) in [5.41, 5.74) is 5.24. The van der Waals surface area contributed by atoms with Gasteiger partial charge in [-0.3, -0.25) is 9.78 Å². The van der Waals surface area contributed by atoms with Gasteiger partial charge in [0.05, 0.1) is 11.3 Å². The molecule has 4 nitrogen and oxygen atoms in total. The Morgan fingerprint density at radius 2 is 1.37 bits per heavy atom. The van der Waals surface area contributed by atoms with Crippen LogP contribution in [0.5, 0.6) is 0 Å². The molecule has 1 heterocycles. The SMILES string of the molecule is CCCCCCc1ccc(-c2ccc(C(=O)OC(C)C(=O)c3ccc(CCCC)cc3)cc2)nc1. The van der Waals surface area contributed by atoms with Gasteiger partial charge in [0, 0.05) is 17.3 Å². The predicted octanol–water partition coefficient (Wildman–Crippen LogP) is 7.64. The summed E-state index contributed by atoms with van der Waals surface area (Å²) in [5.74, 6) is -0.705. The summed E-state index contributed by atoms with van der Waals surface area (Å²) in [7, 11) is 0. The molecule has 0 saturated carbocycles. The normalized spacial score (nSPS) is 11.7. The van der Waals surface area contributed by atoms with Gasteiger partial charge in [-0.25, -0.2) is 4.79 Å². The van der Waals surface area contributed by atoms with E-state index in [-0.39, 0.29) is 5.78 Å². The molecule has 3 aromatic rings. The predicted molar refractivity (Wildman–Crippen MR) is 142 cm³/mol. The van der Waals surface area contributed by atoms with Crippen LogP contribution in [0.3, 0.4) is 0 Å². The van der Waals surface area contributed by atoms with Crippen LogP contribution < -0.4 is 0 Å². The second-order valence-corrected chi connectivity index (χ2v) is 9.15. The molecule has 0 spiro atoms.